The Balaban J connectivity index is 0.000000723. The fourth-order valence-corrected chi connectivity index (χ4v) is 23.6. The molecular formula is C118H204Cl8O12. The molecule has 4 rings (SSSR count). The number of carbonyl (C=O) groups is 6. The number of hydrogen-bond acceptors (Lipinski definition) is 12. The fourth-order valence-electron chi connectivity index (χ4n) is 20.0. The predicted molar refractivity (Wildman–Crippen MR) is 589 cm³/mol. The van der Waals surface area contributed by atoms with E-state index < -0.39 is 29.5 Å². The van der Waals surface area contributed by atoms with Crippen molar-refractivity contribution in [2.45, 2.75) is 585 Å². The van der Waals surface area contributed by atoms with Crippen LogP contribution in [0.4, 0.5) is 0 Å². The molecule has 0 aliphatic heterocycles. The van der Waals surface area contributed by atoms with E-state index in [0.717, 1.165) is 238 Å². The summed E-state index contributed by atoms with van der Waals surface area (Å²) < 4.78 is 31.3. The van der Waals surface area contributed by atoms with Gasteiger partial charge in [-0.15, -0.1) is 92.8 Å². The highest BCUT2D eigenvalue weighted by Crippen LogP contribution is 2.71. The lowest BCUT2D eigenvalue weighted by atomic mass is 10.0. The standard InChI is InChI=1S/C61H102Cl8O6.C57H102O6/c1-4-7-10-12-17-26-35-47-49(58(47,62)63)37-28-19-14-22-31-40-55(70)73-44-46(45-74-56(71)41-32-23-15-20-29-38-50-48(59(50,64)65)36-27-18-13-11-8-5-2)75-57(72)42-33-24-16-21-30-39-52-54(61(52,68)69)43-53-51(60(53,66)67)34-25-9-6-3;1-4-7-10-13-16-19-22-25-28-31-34-37-40-43-46-49-55(58)61-52-54(63-57(60)51-48-45-42-39-36-33-30-27-24-21-18-15-12-9-6-3)53-62-56(59)50-47-44-41-38-35-32-29-26-23-20-17-14-11-8-5-2/h46-54H,4-45H2,1-3H3;18,21,25-30,54H,4-17,19-20,22-24,31-53H2,1-3H3/b;21-18-,28-25-,29-26-,30-27-. The second-order valence-electron chi connectivity index (χ2n) is 41.9. The normalized spacial score (nSPS) is 19.4. The first-order chi connectivity index (χ1) is 67.0. The molecule has 0 bridgehead atoms. The SMILES string of the molecule is CCCCC/C=C\C/C=C\CCCCCCCC(=O)OC(COC(=O)CCCCCCC/C=C\CCCCCCCC)COC(=O)CCCCCCC/C=C\CCCCCCCC.CCCCCCCCC1C(CCCCCCCC(=O)OCC(COC(=O)CCCCCCCC2C(CCCCCCCC)C2(Cl)Cl)OC(=O)CCCCCCCC2C(CC3C(CCCCC)C3(Cl)Cl)C2(Cl)Cl)C1(Cl)Cl. The predicted octanol–water partition coefficient (Wildman–Crippen LogP) is 39.2. The number of carbonyl (C=O) groups excluding carboxylic acids is 6. The molecule has 138 heavy (non-hydrogen) atoms. The lowest BCUT2D eigenvalue weighted by molar-refractivity contribution is -0.167. The Labute approximate surface area is 886 Å². The molecule has 0 aromatic carbocycles. The monoisotopic (exact) mass is 2090 g/mol. The number of ether oxygens (including phenoxy) is 6. The first kappa shape index (κ1) is 130. The lowest BCUT2D eigenvalue weighted by Gasteiger charge is -2.18. The third-order valence-electron chi connectivity index (χ3n) is 29.4. The number of halogens is 8. The largest absolute Gasteiger partial charge is 0.462 e. The van der Waals surface area contributed by atoms with E-state index in [-0.39, 0.29) is 99.3 Å². The van der Waals surface area contributed by atoms with Crippen LogP contribution in [0.15, 0.2) is 48.6 Å². The summed E-state index contributed by atoms with van der Waals surface area (Å²) in [7, 11) is 0. The molecule has 4 aliphatic rings. The second kappa shape index (κ2) is 86.0. The van der Waals surface area contributed by atoms with Crippen molar-refractivity contribution in [1.29, 1.82) is 0 Å². The van der Waals surface area contributed by atoms with Crippen molar-refractivity contribution in [3.05, 3.63) is 48.6 Å². The minimum absolute atomic E-state index is 0.0848. The van der Waals surface area contributed by atoms with E-state index >= 15 is 0 Å². The van der Waals surface area contributed by atoms with E-state index in [0.29, 0.717) is 55.3 Å². The first-order valence-electron chi connectivity index (χ1n) is 58.1. The summed E-state index contributed by atoms with van der Waals surface area (Å²) in [5, 5.41) is 0. The van der Waals surface area contributed by atoms with Crippen LogP contribution in [0.25, 0.3) is 0 Å². The van der Waals surface area contributed by atoms with Crippen LogP contribution in [0.3, 0.4) is 0 Å². The average Bonchev–Trinajstić information content (AvgIpc) is 1.53. The summed E-state index contributed by atoms with van der Waals surface area (Å²) in [6, 6.07) is 0. The summed E-state index contributed by atoms with van der Waals surface area (Å²) in [4.78, 5) is 76.8. The van der Waals surface area contributed by atoms with Gasteiger partial charge in [0.1, 0.15) is 43.8 Å². The molecule has 4 fully saturated rings. The average molecular weight is 2100 g/mol. The molecular weight excluding hydrogens is 1890 g/mol. The zero-order valence-electron chi connectivity index (χ0n) is 88.7. The molecule has 0 heterocycles. The molecule has 0 aromatic heterocycles. The van der Waals surface area contributed by atoms with Crippen LogP contribution in [0.2, 0.25) is 0 Å². The molecule has 12 nitrogen and oxygen atoms in total. The van der Waals surface area contributed by atoms with E-state index in [1.807, 2.05) is 0 Å². The number of alkyl halides is 8. The highest BCUT2D eigenvalue weighted by molar-refractivity contribution is 6.53. The van der Waals surface area contributed by atoms with E-state index in [4.69, 9.17) is 121 Å². The zero-order valence-corrected chi connectivity index (χ0v) is 94.8. The Hall–Kier alpha value is -1.90. The van der Waals surface area contributed by atoms with Crippen molar-refractivity contribution >= 4 is 129 Å². The minimum atomic E-state index is -0.861. The van der Waals surface area contributed by atoms with Gasteiger partial charge in [-0.3, -0.25) is 28.8 Å². The molecule has 8 unspecified atom stereocenters. The Morgan fingerprint density at radius 3 is 0.601 bits per heavy atom. The highest BCUT2D eigenvalue weighted by atomic mass is 35.5. The Morgan fingerprint density at radius 1 is 0.203 bits per heavy atom. The molecule has 8 atom stereocenters. The Kier molecular flexibility index (Phi) is 81.1. The molecule has 804 valence electrons. The maximum absolute atomic E-state index is 13.1. The van der Waals surface area contributed by atoms with Crippen LogP contribution in [0, 0.1) is 47.3 Å². The number of rotatable bonds is 98. The van der Waals surface area contributed by atoms with Crippen LogP contribution in [0.1, 0.15) is 555 Å². The van der Waals surface area contributed by atoms with Crippen molar-refractivity contribution in [3.8, 4) is 0 Å². The van der Waals surface area contributed by atoms with Gasteiger partial charge in [0.25, 0.3) is 0 Å². The van der Waals surface area contributed by atoms with Crippen LogP contribution in [-0.4, -0.2) is 91.8 Å². The first-order valence-corrected chi connectivity index (χ1v) is 61.1. The van der Waals surface area contributed by atoms with Gasteiger partial charge in [0.15, 0.2) is 12.2 Å². The van der Waals surface area contributed by atoms with E-state index in [1.165, 1.54) is 231 Å². The van der Waals surface area contributed by atoms with Gasteiger partial charge in [0, 0.05) is 38.5 Å². The maximum Gasteiger partial charge on any atom is 0.306 e. The molecule has 20 heteroatoms. The van der Waals surface area contributed by atoms with Gasteiger partial charge in [-0.1, -0.05) is 398 Å². The van der Waals surface area contributed by atoms with Gasteiger partial charge in [-0.2, -0.15) is 0 Å². The summed E-state index contributed by atoms with van der Waals surface area (Å²) in [6.07, 6.45) is 103. The minimum Gasteiger partial charge on any atom is -0.462 e. The van der Waals surface area contributed by atoms with Crippen molar-refractivity contribution in [3.63, 3.8) is 0 Å². The molecule has 0 radical (unpaired) electrons. The molecule has 4 aliphatic carbocycles. The topological polar surface area (TPSA) is 158 Å². The summed E-state index contributed by atoms with van der Waals surface area (Å²) >= 11 is 53.5. The molecule has 0 spiro atoms. The summed E-state index contributed by atoms with van der Waals surface area (Å²) in [6.45, 7) is 13.0. The maximum atomic E-state index is 13.1. The molecule has 0 aromatic rings. The van der Waals surface area contributed by atoms with Gasteiger partial charge >= 0.3 is 35.8 Å². The van der Waals surface area contributed by atoms with Crippen molar-refractivity contribution in [2.75, 3.05) is 26.4 Å². The van der Waals surface area contributed by atoms with E-state index in [1.54, 1.807) is 0 Å². The smallest absolute Gasteiger partial charge is 0.306 e. The summed E-state index contributed by atoms with van der Waals surface area (Å²) in [5.41, 5.74) is 0. The molecule has 0 saturated heterocycles. The van der Waals surface area contributed by atoms with E-state index in [2.05, 4.69) is 90.2 Å². The number of allylic oxidation sites excluding steroid dienone is 8. The highest BCUT2D eigenvalue weighted by Gasteiger charge is 2.69. The lowest BCUT2D eigenvalue weighted by Crippen LogP contribution is -2.30. The van der Waals surface area contributed by atoms with E-state index in [9.17, 15) is 28.8 Å². The Morgan fingerprint density at radius 2 is 0.362 bits per heavy atom. The molecule has 4 saturated carbocycles. The van der Waals surface area contributed by atoms with Crippen LogP contribution >= 0.6 is 92.8 Å². The van der Waals surface area contributed by atoms with Crippen LogP contribution in [-0.2, 0) is 57.2 Å². The third kappa shape index (κ3) is 67.1. The Bertz CT molecular complexity index is 2980. The number of esters is 6. The number of hydrogen-bond donors (Lipinski definition) is 0. The molecule has 0 N–H and O–H groups in total. The second-order valence-corrected chi connectivity index (χ2v) is 47.7. The zero-order chi connectivity index (χ0) is 101. The quantitative estimate of drug-likeness (QED) is 0.0187. The van der Waals surface area contributed by atoms with Gasteiger partial charge in [-0.05, 0) is 214 Å². The van der Waals surface area contributed by atoms with Gasteiger partial charge in [0.2, 0.25) is 0 Å². The van der Waals surface area contributed by atoms with Crippen molar-refractivity contribution in [2.24, 2.45) is 47.3 Å². The molecule has 0 amide bonds. The van der Waals surface area contributed by atoms with Gasteiger partial charge < -0.3 is 28.4 Å². The fraction of sp³-hybridized carbons (Fsp3) is 0.881. The van der Waals surface area contributed by atoms with Crippen molar-refractivity contribution in [1.82, 2.24) is 0 Å². The van der Waals surface area contributed by atoms with Crippen LogP contribution < -0.4 is 0 Å². The summed E-state index contributed by atoms with van der Waals surface area (Å²) in [5.74, 6) is 0.789. The van der Waals surface area contributed by atoms with Crippen molar-refractivity contribution < 1.29 is 57.2 Å². The number of unbranched alkanes of at least 4 members (excludes halogenated alkanes) is 54. The third-order valence-corrected chi connectivity index (χ3v) is 33.9. The van der Waals surface area contributed by atoms with Gasteiger partial charge in [0.05, 0.1) is 0 Å². The van der Waals surface area contributed by atoms with Gasteiger partial charge in [-0.25, -0.2) is 0 Å². The van der Waals surface area contributed by atoms with Crippen LogP contribution in [0.5, 0.6) is 0 Å².